The van der Waals surface area contributed by atoms with E-state index in [0.29, 0.717) is 0 Å². The number of rotatable bonds is 8. The molecule has 1 unspecified atom stereocenters. The van der Waals surface area contributed by atoms with Gasteiger partial charge in [-0.25, -0.2) is 0 Å². The summed E-state index contributed by atoms with van der Waals surface area (Å²) in [6.45, 7) is 6.53. The molecule has 2 rings (SSSR count). The summed E-state index contributed by atoms with van der Waals surface area (Å²) in [5.74, 6) is 0. The summed E-state index contributed by atoms with van der Waals surface area (Å²) in [6, 6.07) is 21.1. The number of benzene rings is 2. The van der Waals surface area contributed by atoms with Gasteiger partial charge in [0, 0.05) is 25.7 Å². The summed E-state index contributed by atoms with van der Waals surface area (Å²) in [5.41, 5.74) is 2.60. The average Bonchev–Trinajstić information content (AvgIpc) is 2.52. The molecule has 0 fully saturated rings. The van der Waals surface area contributed by atoms with Crippen LogP contribution in [0.2, 0.25) is 0 Å². The number of hydrogen-bond acceptors (Lipinski definition) is 2. The van der Waals surface area contributed by atoms with Crippen LogP contribution in [-0.2, 0) is 13.1 Å². The van der Waals surface area contributed by atoms with E-state index >= 15 is 0 Å². The van der Waals surface area contributed by atoms with Crippen LogP contribution in [0.25, 0.3) is 0 Å². The summed E-state index contributed by atoms with van der Waals surface area (Å²) in [6.07, 6.45) is 1.96. The average molecular weight is 266 g/mol. The zero-order valence-electron chi connectivity index (χ0n) is 11.8. The zero-order chi connectivity index (χ0) is 14.0. The largest absolute Gasteiger partial charge is 0.311 e. The Morgan fingerprint density at radius 1 is 0.850 bits per heavy atom. The second-order valence-corrected chi connectivity index (χ2v) is 4.83. The van der Waals surface area contributed by atoms with E-state index in [4.69, 9.17) is 0 Å². The second-order valence-electron chi connectivity index (χ2n) is 4.83. The standard InChI is InChI=1S/C18H22N2/c1-2-18(20-14-17-11-7-4-8-12-17)15-19-13-16-9-5-3-6-10-16/h2-12,18-20H,1,13-15H2. The highest BCUT2D eigenvalue weighted by Crippen LogP contribution is 2.00. The first-order valence-corrected chi connectivity index (χ1v) is 7.03. The van der Waals surface area contributed by atoms with E-state index in [1.165, 1.54) is 11.1 Å². The molecule has 0 bridgehead atoms. The van der Waals surface area contributed by atoms with Gasteiger partial charge in [-0.1, -0.05) is 66.7 Å². The molecule has 2 N–H and O–H groups in total. The van der Waals surface area contributed by atoms with Crippen molar-refractivity contribution in [2.45, 2.75) is 19.1 Å². The molecular formula is C18H22N2. The Kier molecular flexibility index (Phi) is 6.03. The fourth-order valence-electron chi connectivity index (χ4n) is 2.05. The van der Waals surface area contributed by atoms with E-state index in [-0.39, 0.29) is 6.04 Å². The Hall–Kier alpha value is -1.90. The van der Waals surface area contributed by atoms with Crippen molar-refractivity contribution in [3.63, 3.8) is 0 Å². The van der Waals surface area contributed by atoms with Crippen LogP contribution in [-0.4, -0.2) is 12.6 Å². The van der Waals surface area contributed by atoms with Gasteiger partial charge in [0.15, 0.2) is 0 Å². The molecule has 2 nitrogen and oxygen atoms in total. The van der Waals surface area contributed by atoms with E-state index < -0.39 is 0 Å². The van der Waals surface area contributed by atoms with Gasteiger partial charge in [-0.2, -0.15) is 0 Å². The molecule has 0 saturated carbocycles. The Bertz CT molecular complexity index is 493. The Labute approximate surface area is 121 Å². The number of nitrogens with one attached hydrogen (secondary N) is 2. The normalized spacial score (nSPS) is 12.0. The van der Waals surface area contributed by atoms with Crippen LogP contribution in [0.5, 0.6) is 0 Å². The summed E-state index contributed by atoms with van der Waals surface area (Å²) in [5, 5.41) is 6.95. The monoisotopic (exact) mass is 266 g/mol. The molecule has 0 amide bonds. The number of hydrogen-bond donors (Lipinski definition) is 2. The lowest BCUT2D eigenvalue weighted by Gasteiger charge is -2.15. The maximum atomic E-state index is 3.90. The van der Waals surface area contributed by atoms with E-state index in [9.17, 15) is 0 Å². The van der Waals surface area contributed by atoms with Gasteiger partial charge in [0.1, 0.15) is 0 Å². The van der Waals surface area contributed by atoms with Gasteiger partial charge >= 0.3 is 0 Å². The van der Waals surface area contributed by atoms with Crippen LogP contribution in [0.4, 0.5) is 0 Å². The Morgan fingerprint density at radius 2 is 1.40 bits per heavy atom. The predicted octanol–water partition coefficient (Wildman–Crippen LogP) is 3.12. The van der Waals surface area contributed by atoms with Crippen LogP contribution in [0.3, 0.4) is 0 Å². The first kappa shape index (κ1) is 14.5. The summed E-state index contributed by atoms with van der Waals surface area (Å²) in [7, 11) is 0. The maximum Gasteiger partial charge on any atom is 0.0376 e. The molecular weight excluding hydrogens is 244 g/mol. The van der Waals surface area contributed by atoms with Crippen molar-refractivity contribution < 1.29 is 0 Å². The molecule has 1 atom stereocenters. The molecule has 20 heavy (non-hydrogen) atoms. The highest BCUT2D eigenvalue weighted by molar-refractivity contribution is 5.15. The smallest absolute Gasteiger partial charge is 0.0376 e. The molecule has 0 saturated heterocycles. The van der Waals surface area contributed by atoms with Gasteiger partial charge < -0.3 is 10.6 Å². The van der Waals surface area contributed by atoms with Crippen molar-refractivity contribution in [2.24, 2.45) is 0 Å². The van der Waals surface area contributed by atoms with Gasteiger partial charge in [-0.05, 0) is 11.1 Å². The third kappa shape index (κ3) is 5.00. The summed E-state index contributed by atoms with van der Waals surface area (Å²) in [4.78, 5) is 0. The predicted molar refractivity (Wildman–Crippen MR) is 85.4 cm³/mol. The van der Waals surface area contributed by atoms with Gasteiger partial charge in [0.2, 0.25) is 0 Å². The van der Waals surface area contributed by atoms with Gasteiger partial charge in [-0.3, -0.25) is 0 Å². The van der Waals surface area contributed by atoms with Crippen LogP contribution in [0.15, 0.2) is 73.3 Å². The van der Waals surface area contributed by atoms with E-state index in [1.807, 2.05) is 18.2 Å². The Balaban J connectivity index is 1.71. The Morgan fingerprint density at radius 3 is 1.95 bits per heavy atom. The minimum absolute atomic E-state index is 0.277. The fourth-order valence-corrected chi connectivity index (χ4v) is 2.05. The van der Waals surface area contributed by atoms with Crippen LogP contribution in [0.1, 0.15) is 11.1 Å². The van der Waals surface area contributed by atoms with Gasteiger partial charge in [0.05, 0.1) is 0 Å². The third-order valence-corrected chi connectivity index (χ3v) is 3.23. The van der Waals surface area contributed by atoms with Gasteiger partial charge in [-0.15, -0.1) is 6.58 Å². The second kappa shape index (κ2) is 8.31. The fraction of sp³-hybridized carbons (Fsp3) is 0.222. The zero-order valence-corrected chi connectivity index (χ0v) is 11.8. The molecule has 0 heterocycles. The summed E-state index contributed by atoms with van der Waals surface area (Å²) >= 11 is 0. The van der Waals surface area contributed by atoms with Crippen LogP contribution < -0.4 is 10.6 Å². The lowest BCUT2D eigenvalue weighted by Crippen LogP contribution is -2.36. The van der Waals surface area contributed by atoms with Crippen molar-refractivity contribution >= 4 is 0 Å². The van der Waals surface area contributed by atoms with Gasteiger partial charge in [0.25, 0.3) is 0 Å². The molecule has 0 aromatic heterocycles. The lowest BCUT2D eigenvalue weighted by molar-refractivity contribution is 0.537. The van der Waals surface area contributed by atoms with Crippen LogP contribution >= 0.6 is 0 Å². The lowest BCUT2D eigenvalue weighted by atomic mass is 10.2. The molecule has 0 aliphatic rings. The molecule has 0 aliphatic heterocycles. The highest BCUT2D eigenvalue weighted by Gasteiger charge is 2.03. The topological polar surface area (TPSA) is 24.1 Å². The third-order valence-electron chi connectivity index (χ3n) is 3.23. The first-order chi connectivity index (χ1) is 9.88. The van der Waals surface area contributed by atoms with E-state index in [1.54, 1.807) is 0 Å². The molecule has 0 aliphatic carbocycles. The molecule has 2 aromatic rings. The van der Waals surface area contributed by atoms with Crippen molar-refractivity contribution in [1.82, 2.24) is 10.6 Å². The van der Waals surface area contributed by atoms with Crippen molar-refractivity contribution in [2.75, 3.05) is 6.54 Å². The molecule has 0 spiro atoms. The molecule has 0 radical (unpaired) electrons. The van der Waals surface area contributed by atoms with Crippen molar-refractivity contribution in [3.8, 4) is 0 Å². The van der Waals surface area contributed by atoms with E-state index in [0.717, 1.165) is 19.6 Å². The molecule has 2 heteroatoms. The SMILES string of the molecule is C=CC(CNCc1ccccc1)NCc1ccccc1. The van der Waals surface area contributed by atoms with Crippen LogP contribution in [0, 0.1) is 0 Å². The highest BCUT2D eigenvalue weighted by atomic mass is 15.0. The summed E-state index contributed by atoms with van der Waals surface area (Å²) < 4.78 is 0. The molecule has 104 valence electrons. The molecule has 2 aromatic carbocycles. The van der Waals surface area contributed by atoms with E-state index in [2.05, 4.69) is 65.7 Å². The maximum absolute atomic E-state index is 3.90. The van der Waals surface area contributed by atoms with Crippen molar-refractivity contribution in [1.29, 1.82) is 0 Å². The minimum Gasteiger partial charge on any atom is -0.311 e. The quantitative estimate of drug-likeness (QED) is 0.717. The van der Waals surface area contributed by atoms with Crippen molar-refractivity contribution in [3.05, 3.63) is 84.4 Å². The minimum atomic E-state index is 0.277. The first-order valence-electron chi connectivity index (χ1n) is 7.03.